The maximum absolute atomic E-state index is 11.3. The number of carboxylic acid groups (broad SMARTS) is 1. The van der Waals surface area contributed by atoms with Gasteiger partial charge in [0.2, 0.25) is 0 Å². The first-order valence-electron chi connectivity index (χ1n) is 8.16. The molecule has 6 nitrogen and oxygen atoms in total. The van der Waals surface area contributed by atoms with E-state index >= 15 is 0 Å². The summed E-state index contributed by atoms with van der Waals surface area (Å²) in [4.78, 5) is 22.1. The summed E-state index contributed by atoms with van der Waals surface area (Å²) in [5.41, 5.74) is 0. The first-order valence-corrected chi connectivity index (χ1v) is 8.16. The van der Waals surface area contributed by atoms with Crippen molar-refractivity contribution in [2.75, 3.05) is 23.3 Å². The van der Waals surface area contributed by atoms with Gasteiger partial charge in [-0.05, 0) is 25.2 Å². The third kappa shape index (κ3) is 4.58. The Morgan fingerprint density at radius 2 is 2.36 bits per heavy atom. The number of piperidine rings is 1. The van der Waals surface area contributed by atoms with E-state index in [2.05, 4.69) is 34.0 Å². The molecule has 1 aliphatic rings. The van der Waals surface area contributed by atoms with Gasteiger partial charge in [0.1, 0.15) is 24.0 Å². The van der Waals surface area contributed by atoms with Gasteiger partial charge in [0, 0.05) is 19.2 Å². The Bertz CT molecular complexity index is 495. The molecule has 0 aliphatic carbocycles. The number of aliphatic carboxylic acids is 1. The Labute approximate surface area is 132 Å². The van der Waals surface area contributed by atoms with Crippen LogP contribution in [0.5, 0.6) is 0 Å². The molecule has 2 N–H and O–H groups in total. The van der Waals surface area contributed by atoms with Crippen LogP contribution in [0.25, 0.3) is 0 Å². The number of unbranched alkanes of at least 4 members (excludes halogenated alkanes) is 1. The zero-order valence-electron chi connectivity index (χ0n) is 13.5. The van der Waals surface area contributed by atoms with Crippen LogP contribution in [0.3, 0.4) is 0 Å². The van der Waals surface area contributed by atoms with Gasteiger partial charge in [0.05, 0.1) is 0 Å². The van der Waals surface area contributed by atoms with Gasteiger partial charge < -0.3 is 15.3 Å². The first kappa shape index (κ1) is 16.5. The molecule has 1 aromatic rings. The van der Waals surface area contributed by atoms with E-state index in [0.29, 0.717) is 18.2 Å². The largest absolute Gasteiger partial charge is 0.480 e. The van der Waals surface area contributed by atoms with E-state index in [1.54, 1.807) is 0 Å². The lowest BCUT2D eigenvalue weighted by molar-refractivity contribution is -0.138. The van der Waals surface area contributed by atoms with Gasteiger partial charge in [-0.15, -0.1) is 0 Å². The second-order valence-electron chi connectivity index (χ2n) is 6.13. The summed E-state index contributed by atoms with van der Waals surface area (Å²) in [5.74, 6) is 1.30. The van der Waals surface area contributed by atoms with Gasteiger partial charge in [-0.3, -0.25) is 0 Å². The predicted molar refractivity (Wildman–Crippen MR) is 87.2 cm³/mol. The number of nitrogens with zero attached hydrogens (tertiary/aromatic N) is 3. The van der Waals surface area contributed by atoms with Gasteiger partial charge >= 0.3 is 5.97 Å². The van der Waals surface area contributed by atoms with Gasteiger partial charge in [0.15, 0.2) is 0 Å². The average molecular weight is 306 g/mol. The fraction of sp³-hybridized carbons (Fsp3) is 0.688. The molecule has 0 spiro atoms. The summed E-state index contributed by atoms with van der Waals surface area (Å²) in [6.45, 7) is 6.30. The molecule has 1 aliphatic heterocycles. The van der Waals surface area contributed by atoms with Crippen LogP contribution in [-0.2, 0) is 4.79 Å². The topological polar surface area (TPSA) is 78.3 Å². The molecular formula is C16H26N4O2. The summed E-state index contributed by atoms with van der Waals surface area (Å²) in [6, 6.07) is 1.27. The van der Waals surface area contributed by atoms with E-state index in [-0.39, 0.29) is 0 Å². The molecule has 1 fully saturated rings. The van der Waals surface area contributed by atoms with E-state index in [9.17, 15) is 9.90 Å². The van der Waals surface area contributed by atoms with Crippen LogP contribution >= 0.6 is 0 Å². The van der Waals surface area contributed by atoms with Crippen molar-refractivity contribution in [3.8, 4) is 0 Å². The highest BCUT2D eigenvalue weighted by Crippen LogP contribution is 2.22. The summed E-state index contributed by atoms with van der Waals surface area (Å²) in [5, 5.41) is 12.3. The Balaban J connectivity index is 2.05. The van der Waals surface area contributed by atoms with Crippen LogP contribution in [-0.4, -0.2) is 40.2 Å². The van der Waals surface area contributed by atoms with Crippen molar-refractivity contribution in [2.45, 2.75) is 52.0 Å². The minimum Gasteiger partial charge on any atom is -0.480 e. The third-order valence-corrected chi connectivity index (χ3v) is 4.10. The molecule has 6 heteroatoms. The Hall–Kier alpha value is -1.85. The van der Waals surface area contributed by atoms with E-state index in [4.69, 9.17) is 0 Å². The molecule has 0 radical (unpaired) electrons. The molecule has 2 heterocycles. The lowest BCUT2D eigenvalue weighted by atomic mass is 10.0. The van der Waals surface area contributed by atoms with Crippen molar-refractivity contribution in [3.05, 3.63) is 12.4 Å². The lowest BCUT2D eigenvalue weighted by Gasteiger charge is -2.31. The van der Waals surface area contributed by atoms with Crippen molar-refractivity contribution in [1.82, 2.24) is 9.97 Å². The monoisotopic (exact) mass is 306 g/mol. The number of rotatable bonds is 7. The Kier molecular flexibility index (Phi) is 5.98. The van der Waals surface area contributed by atoms with E-state index in [1.165, 1.54) is 19.2 Å². The van der Waals surface area contributed by atoms with Crippen molar-refractivity contribution in [3.63, 3.8) is 0 Å². The molecule has 1 aromatic heterocycles. The molecule has 2 rings (SSSR count). The van der Waals surface area contributed by atoms with E-state index in [1.807, 2.05) is 6.07 Å². The third-order valence-electron chi connectivity index (χ3n) is 4.10. The normalized spacial score (nSPS) is 19.7. The number of hydrogen-bond acceptors (Lipinski definition) is 5. The smallest absolute Gasteiger partial charge is 0.326 e. The van der Waals surface area contributed by atoms with E-state index < -0.39 is 12.0 Å². The fourth-order valence-corrected chi connectivity index (χ4v) is 2.84. The molecule has 0 saturated carbocycles. The average Bonchev–Trinajstić information content (AvgIpc) is 2.51. The minimum absolute atomic E-state index is 0.590. The van der Waals surface area contributed by atoms with Crippen molar-refractivity contribution in [2.24, 2.45) is 5.92 Å². The van der Waals surface area contributed by atoms with E-state index in [0.717, 1.165) is 31.7 Å². The number of nitrogens with one attached hydrogen (secondary N) is 1. The Morgan fingerprint density at radius 3 is 3.05 bits per heavy atom. The summed E-state index contributed by atoms with van der Waals surface area (Å²) < 4.78 is 0. The maximum Gasteiger partial charge on any atom is 0.326 e. The number of anilines is 2. The highest BCUT2D eigenvalue weighted by molar-refractivity contribution is 5.77. The molecule has 1 unspecified atom stereocenters. The highest BCUT2D eigenvalue weighted by atomic mass is 16.4. The van der Waals surface area contributed by atoms with Gasteiger partial charge in [-0.2, -0.15) is 0 Å². The molecule has 0 bridgehead atoms. The minimum atomic E-state index is -0.833. The van der Waals surface area contributed by atoms with Crippen LogP contribution in [0, 0.1) is 5.92 Å². The molecular weight excluding hydrogens is 280 g/mol. The molecule has 2 atom stereocenters. The van der Waals surface area contributed by atoms with Crippen molar-refractivity contribution < 1.29 is 9.90 Å². The maximum atomic E-state index is 11.3. The number of hydrogen-bond donors (Lipinski definition) is 2. The molecule has 122 valence electrons. The number of carbonyl (C=O) groups is 1. The van der Waals surface area contributed by atoms with Gasteiger partial charge in [-0.25, -0.2) is 14.8 Å². The second kappa shape index (κ2) is 7.96. The predicted octanol–water partition coefficient (Wildman–Crippen LogP) is 2.77. The molecule has 0 amide bonds. The zero-order valence-corrected chi connectivity index (χ0v) is 13.5. The zero-order chi connectivity index (χ0) is 15.9. The lowest BCUT2D eigenvalue weighted by Crippen LogP contribution is -2.35. The molecule has 1 saturated heterocycles. The fourth-order valence-electron chi connectivity index (χ4n) is 2.84. The second-order valence-corrected chi connectivity index (χ2v) is 6.13. The van der Waals surface area contributed by atoms with Crippen LogP contribution < -0.4 is 10.2 Å². The summed E-state index contributed by atoms with van der Waals surface area (Å²) in [7, 11) is 0. The van der Waals surface area contributed by atoms with Crippen LogP contribution in [0.1, 0.15) is 46.0 Å². The van der Waals surface area contributed by atoms with Crippen molar-refractivity contribution >= 4 is 17.6 Å². The highest BCUT2D eigenvalue weighted by Gasteiger charge is 2.20. The molecule has 0 aromatic carbocycles. The summed E-state index contributed by atoms with van der Waals surface area (Å²) >= 11 is 0. The van der Waals surface area contributed by atoms with Crippen molar-refractivity contribution in [1.29, 1.82) is 0 Å². The quantitative estimate of drug-likeness (QED) is 0.806. The van der Waals surface area contributed by atoms with Crippen LogP contribution in [0.2, 0.25) is 0 Å². The molecule has 22 heavy (non-hydrogen) atoms. The first-order chi connectivity index (χ1) is 10.6. The van der Waals surface area contributed by atoms with Gasteiger partial charge in [-0.1, -0.05) is 26.7 Å². The SMILES string of the molecule is CCCC[C@H](Nc1cc(N2CCCC(C)C2)ncn1)C(=O)O. The van der Waals surface area contributed by atoms with Crippen LogP contribution in [0.4, 0.5) is 11.6 Å². The van der Waals surface area contributed by atoms with Gasteiger partial charge in [0.25, 0.3) is 0 Å². The number of carboxylic acids is 1. The standard InChI is InChI=1S/C16H26N4O2/c1-3-4-7-13(16(21)22)19-14-9-15(18-11-17-14)20-8-5-6-12(2)10-20/h9,11-13H,3-8,10H2,1-2H3,(H,21,22)(H,17,18,19)/t12?,13-/m0/s1. The number of aromatic nitrogens is 2. The summed E-state index contributed by atoms with van der Waals surface area (Å²) in [6.07, 6.45) is 6.40. The van der Waals surface area contributed by atoms with Crippen LogP contribution in [0.15, 0.2) is 12.4 Å². The Morgan fingerprint density at radius 1 is 1.55 bits per heavy atom.